The Labute approximate surface area is 98.3 Å². The van der Waals surface area contributed by atoms with E-state index in [-0.39, 0.29) is 0 Å². The van der Waals surface area contributed by atoms with Crippen LogP contribution in [0.5, 0.6) is 0 Å². The molecule has 3 aliphatic rings. The Morgan fingerprint density at radius 2 is 1.62 bits per heavy atom. The molecule has 0 saturated heterocycles. The average Bonchev–Trinajstić information content (AvgIpc) is 2.06. The molecule has 3 fully saturated rings. The Kier molecular flexibility index (Phi) is 2.00. The van der Waals surface area contributed by atoms with Crippen LogP contribution in [-0.2, 0) is 5.41 Å². The van der Waals surface area contributed by atoms with Crippen LogP contribution in [0.3, 0.4) is 0 Å². The van der Waals surface area contributed by atoms with Crippen molar-refractivity contribution in [3.05, 3.63) is 34.9 Å². The van der Waals surface area contributed by atoms with E-state index in [1.165, 1.54) is 36.9 Å². The van der Waals surface area contributed by atoms with Crippen molar-refractivity contribution in [3.63, 3.8) is 0 Å². The van der Waals surface area contributed by atoms with Gasteiger partial charge >= 0.3 is 0 Å². The fraction of sp³-hybridized carbons (Fsp3) is 0.600. The molecule has 0 atom stereocenters. The summed E-state index contributed by atoms with van der Waals surface area (Å²) in [5.74, 6) is 0. The van der Waals surface area contributed by atoms with Gasteiger partial charge in [0.1, 0.15) is 0 Å². The van der Waals surface area contributed by atoms with Gasteiger partial charge in [-0.15, -0.1) is 0 Å². The summed E-state index contributed by atoms with van der Waals surface area (Å²) < 4.78 is 0. The molecule has 0 aromatic heterocycles. The topological polar surface area (TPSA) is 12.0 Å². The fourth-order valence-corrected chi connectivity index (χ4v) is 4.15. The number of rotatable bonds is 3. The van der Waals surface area contributed by atoms with Gasteiger partial charge in [0, 0.05) is 6.54 Å². The Morgan fingerprint density at radius 3 is 2.12 bits per heavy atom. The van der Waals surface area contributed by atoms with Gasteiger partial charge in [-0.25, -0.2) is 0 Å². The van der Waals surface area contributed by atoms with Crippen LogP contribution in [0, 0.1) is 19.3 Å². The van der Waals surface area contributed by atoms with Gasteiger partial charge in [-0.1, -0.05) is 29.3 Å². The molecule has 86 valence electrons. The second kappa shape index (κ2) is 3.10. The molecule has 1 aromatic carbocycles. The van der Waals surface area contributed by atoms with E-state index in [1.807, 2.05) is 0 Å². The first-order valence-corrected chi connectivity index (χ1v) is 6.31. The van der Waals surface area contributed by atoms with Crippen molar-refractivity contribution in [2.24, 2.45) is 5.41 Å². The zero-order chi connectivity index (χ0) is 11.4. The van der Waals surface area contributed by atoms with Crippen molar-refractivity contribution in [1.82, 2.24) is 5.32 Å². The molecule has 2 bridgehead atoms. The van der Waals surface area contributed by atoms with Crippen LogP contribution in [0.4, 0.5) is 0 Å². The maximum atomic E-state index is 3.34. The number of hydrogen-bond donors (Lipinski definition) is 1. The van der Waals surface area contributed by atoms with Gasteiger partial charge in [-0.2, -0.15) is 0 Å². The highest BCUT2D eigenvalue weighted by Crippen LogP contribution is 2.73. The molecule has 3 aliphatic carbocycles. The highest BCUT2D eigenvalue weighted by atomic mass is 14.9. The molecule has 1 nitrogen and oxygen atoms in total. The van der Waals surface area contributed by atoms with Crippen molar-refractivity contribution in [2.45, 2.75) is 38.5 Å². The molecular formula is C15H21N. The van der Waals surface area contributed by atoms with Crippen LogP contribution >= 0.6 is 0 Å². The molecule has 0 aliphatic heterocycles. The lowest BCUT2D eigenvalue weighted by Gasteiger charge is -2.71. The van der Waals surface area contributed by atoms with Crippen LogP contribution in [-0.4, -0.2) is 13.6 Å². The maximum Gasteiger partial charge on any atom is 0.000577 e. The molecule has 0 radical (unpaired) electrons. The molecular weight excluding hydrogens is 194 g/mol. The summed E-state index contributed by atoms with van der Waals surface area (Å²) in [6, 6.07) is 7.07. The first-order valence-electron chi connectivity index (χ1n) is 6.31. The standard InChI is InChI=1S/C15H21N/c1-11-4-12(2)6-13(5-11)15-7-14(8-15,9-15)10-16-3/h4-6,16H,7-10H2,1-3H3. The molecule has 3 saturated carbocycles. The Hall–Kier alpha value is -0.820. The first-order chi connectivity index (χ1) is 7.57. The van der Waals surface area contributed by atoms with Gasteiger partial charge in [0.25, 0.3) is 0 Å². The van der Waals surface area contributed by atoms with Gasteiger partial charge in [0.05, 0.1) is 0 Å². The van der Waals surface area contributed by atoms with Gasteiger partial charge in [0.15, 0.2) is 0 Å². The highest BCUT2D eigenvalue weighted by Gasteiger charge is 2.67. The summed E-state index contributed by atoms with van der Waals surface area (Å²) >= 11 is 0. The van der Waals surface area contributed by atoms with E-state index in [1.54, 1.807) is 5.56 Å². The molecule has 0 amide bonds. The number of aryl methyl sites for hydroxylation is 2. The second-order valence-corrected chi connectivity index (χ2v) is 6.22. The summed E-state index contributed by atoms with van der Waals surface area (Å²) in [4.78, 5) is 0. The molecule has 0 heterocycles. The van der Waals surface area contributed by atoms with E-state index in [0.717, 1.165) is 0 Å². The van der Waals surface area contributed by atoms with E-state index < -0.39 is 0 Å². The monoisotopic (exact) mass is 215 g/mol. The van der Waals surface area contributed by atoms with Crippen LogP contribution in [0.25, 0.3) is 0 Å². The van der Waals surface area contributed by atoms with Crippen LogP contribution in [0.1, 0.15) is 36.0 Å². The molecule has 16 heavy (non-hydrogen) atoms. The molecule has 1 heteroatoms. The average molecular weight is 215 g/mol. The Morgan fingerprint density at radius 1 is 1.06 bits per heavy atom. The number of benzene rings is 1. The first kappa shape index (κ1) is 10.3. The minimum atomic E-state index is 0.563. The lowest BCUT2D eigenvalue weighted by atomic mass is 9.33. The molecule has 0 spiro atoms. The SMILES string of the molecule is CNCC12CC(c3cc(C)cc(C)c3)(C1)C2. The summed E-state index contributed by atoms with van der Waals surface area (Å²) in [6.45, 7) is 5.64. The third-order valence-corrected chi connectivity index (χ3v) is 4.53. The smallest absolute Gasteiger partial charge is 0.000577 e. The van der Waals surface area contributed by atoms with E-state index in [9.17, 15) is 0 Å². The van der Waals surface area contributed by atoms with E-state index in [2.05, 4.69) is 44.4 Å². The lowest BCUT2D eigenvalue weighted by Crippen LogP contribution is -2.67. The maximum absolute atomic E-state index is 3.34. The third-order valence-electron chi connectivity index (χ3n) is 4.53. The predicted molar refractivity (Wildman–Crippen MR) is 67.8 cm³/mol. The van der Waals surface area contributed by atoms with Gasteiger partial charge in [0.2, 0.25) is 0 Å². The van der Waals surface area contributed by atoms with Crippen molar-refractivity contribution in [2.75, 3.05) is 13.6 Å². The normalized spacial score (nSPS) is 35.4. The minimum absolute atomic E-state index is 0.563. The van der Waals surface area contributed by atoms with Crippen LogP contribution in [0.15, 0.2) is 18.2 Å². The summed E-state index contributed by atoms with van der Waals surface area (Å²) in [5, 5.41) is 3.34. The molecule has 4 rings (SSSR count). The highest BCUT2D eigenvalue weighted by molar-refractivity contribution is 5.42. The van der Waals surface area contributed by atoms with Gasteiger partial charge in [-0.3, -0.25) is 0 Å². The number of hydrogen-bond acceptors (Lipinski definition) is 1. The Balaban J connectivity index is 1.82. The summed E-state index contributed by atoms with van der Waals surface area (Å²) in [6.07, 6.45) is 4.22. The summed E-state index contributed by atoms with van der Waals surface area (Å²) in [7, 11) is 2.07. The van der Waals surface area contributed by atoms with Crippen molar-refractivity contribution >= 4 is 0 Å². The number of nitrogens with one attached hydrogen (secondary N) is 1. The van der Waals surface area contributed by atoms with Crippen molar-refractivity contribution < 1.29 is 0 Å². The second-order valence-electron chi connectivity index (χ2n) is 6.22. The fourth-order valence-electron chi connectivity index (χ4n) is 4.15. The zero-order valence-electron chi connectivity index (χ0n) is 10.6. The molecule has 0 unspecified atom stereocenters. The lowest BCUT2D eigenvalue weighted by molar-refractivity contribution is -0.137. The van der Waals surface area contributed by atoms with Crippen LogP contribution < -0.4 is 5.32 Å². The van der Waals surface area contributed by atoms with E-state index in [4.69, 9.17) is 0 Å². The largest absolute Gasteiger partial charge is 0.319 e. The van der Waals surface area contributed by atoms with Crippen molar-refractivity contribution in [1.29, 1.82) is 0 Å². The third kappa shape index (κ3) is 1.27. The summed E-state index contributed by atoms with van der Waals surface area (Å²) in [5.41, 5.74) is 5.66. The zero-order valence-corrected chi connectivity index (χ0v) is 10.6. The van der Waals surface area contributed by atoms with Crippen molar-refractivity contribution in [3.8, 4) is 0 Å². The Bertz CT molecular complexity index is 393. The minimum Gasteiger partial charge on any atom is -0.319 e. The molecule has 1 N–H and O–H groups in total. The quantitative estimate of drug-likeness (QED) is 0.817. The molecule has 1 aromatic rings. The van der Waals surface area contributed by atoms with E-state index >= 15 is 0 Å². The van der Waals surface area contributed by atoms with Gasteiger partial charge in [-0.05, 0) is 56.6 Å². The predicted octanol–water partition coefficient (Wildman–Crippen LogP) is 2.94. The van der Waals surface area contributed by atoms with E-state index in [0.29, 0.717) is 10.8 Å². The van der Waals surface area contributed by atoms with Gasteiger partial charge < -0.3 is 5.32 Å². The van der Waals surface area contributed by atoms with Crippen LogP contribution in [0.2, 0.25) is 0 Å².